The highest BCUT2D eigenvalue weighted by atomic mass is 19.4. The molecule has 28 heavy (non-hydrogen) atoms. The molecule has 2 aromatic rings. The van der Waals surface area contributed by atoms with Crippen LogP contribution in [-0.4, -0.2) is 52.8 Å². The normalized spacial score (nSPS) is 24.5. The molecule has 0 radical (unpaired) electrons. The van der Waals surface area contributed by atoms with Crippen molar-refractivity contribution in [3.8, 4) is 11.3 Å². The zero-order chi connectivity index (χ0) is 20.1. The van der Waals surface area contributed by atoms with Gasteiger partial charge in [-0.05, 0) is 17.9 Å². The highest BCUT2D eigenvalue weighted by Gasteiger charge is 2.57. The average Bonchev–Trinajstić information content (AvgIpc) is 3.00. The number of methoxy groups -OCH3 is 1. The van der Waals surface area contributed by atoms with E-state index in [1.54, 1.807) is 7.11 Å². The highest BCUT2D eigenvalue weighted by Crippen LogP contribution is 2.55. The van der Waals surface area contributed by atoms with E-state index in [4.69, 9.17) is 10.5 Å². The van der Waals surface area contributed by atoms with Crippen LogP contribution in [0.25, 0.3) is 11.3 Å². The standard InChI is InChI=1S/C19H24F3N5O/c1-3-16-25-15(11-6-14(19(20,21)22)18(23)24-7-11)10-27(16)17-12-8-26(4-5-28-2)9-13(12)17/h6-7,10,12-13,17H,3-5,8-9H2,1-2H3,(H2,23,24)/t12-,13+,17?. The number of rotatable bonds is 6. The van der Waals surface area contributed by atoms with Crippen LogP contribution in [-0.2, 0) is 17.3 Å². The number of fused-ring (bicyclic) bond motifs is 1. The van der Waals surface area contributed by atoms with Crippen molar-refractivity contribution in [2.45, 2.75) is 25.6 Å². The molecule has 1 aliphatic carbocycles. The van der Waals surface area contributed by atoms with Gasteiger partial charge < -0.3 is 19.9 Å². The number of anilines is 1. The summed E-state index contributed by atoms with van der Waals surface area (Å²) in [5.41, 5.74) is 5.34. The number of piperidine rings is 1. The summed E-state index contributed by atoms with van der Waals surface area (Å²) in [6, 6.07) is 1.41. The summed E-state index contributed by atoms with van der Waals surface area (Å²) < 4.78 is 46.8. The van der Waals surface area contributed by atoms with Gasteiger partial charge in [0.15, 0.2) is 0 Å². The fourth-order valence-corrected chi connectivity index (χ4v) is 4.33. The Morgan fingerprint density at radius 1 is 1.29 bits per heavy atom. The minimum atomic E-state index is -4.54. The molecule has 2 aromatic heterocycles. The van der Waals surface area contributed by atoms with E-state index in [2.05, 4.69) is 19.4 Å². The Morgan fingerprint density at radius 3 is 2.61 bits per heavy atom. The van der Waals surface area contributed by atoms with Crippen LogP contribution in [0.4, 0.5) is 19.0 Å². The first-order valence-electron chi connectivity index (χ1n) is 9.45. The van der Waals surface area contributed by atoms with Gasteiger partial charge in [0.05, 0.1) is 17.9 Å². The number of pyridine rings is 1. The zero-order valence-electron chi connectivity index (χ0n) is 15.9. The summed E-state index contributed by atoms with van der Waals surface area (Å²) in [4.78, 5) is 10.7. The van der Waals surface area contributed by atoms with Crippen molar-refractivity contribution >= 4 is 5.82 Å². The molecule has 2 aliphatic rings. The molecule has 6 nitrogen and oxygen atoms in total. The summed E-state index contributed by atoms with van der Waals surface area (Å²) in [5, 5.41) is 0. The molecule has 4 rings (SSSR count). The molecule has 1 saturated heterocycles. The van der Waals surface area contributed by atoms with E-state index < -0.39 is 17.6 Å². The first kappa shape index (κ1) is 19.2. The lowest BCUT2D eigenvalue weighted by molar-refractivity contribution is -0.137. The summed E-state index contributed by atoms with van der Waals surface area (Å²) in [6.45, 7) is 5.72. The number of hydrogen-bond acceptors (Lipinski definition) is 5. The number of hydrogen-bond donors (Lipinski definition) is 1. The third-order valence-corrected chi connectivity index (χ3v) is 5.80. The van der Waals surface area contributed by atoms with Crippen molar-refractivity contribution in [3.63, 3.8) is 0 Å². The predicted octanol–water partition coefficient (Wildman–Crippen LogP) is 2.86. The molecule has 0 amide bonds. The van der Waals surface area contributed by atoms with Gasteiger partial charge in [-0.2, -0.15) is 13.2 Å². The van der Waals surface area contributed by atoms with E-state index in [-0.39, 0.29) is 0 Å². The molecule has 152 valence electrons. The molecule has 3 atom stereocenters. The van der Waals surface area contributed by atoms with Crippen LogP contribution >= 0.6 is 0 Å². The van der Waals surface area contributed by atoms with Crippen LogP contribution in [0.15, 0.2) is 18.5 Å². The Kier molecular flexibility index (Phi) is 4.83. The van der Waals surface area contributed by atoms with Crippen molar-refractivity contribution < 1.29 is 17.9 Å². The van der Waals surface area contributed by atoms with Crippen LogP contribution < -0.4 is 5.73 Å². The van der Waals surface area contributed by atoms with Gasteiger partial charge in [0.2, 0.25) is 0 Å². The first-order valence-corrected chi connectivity index (χ1v) is 9.45. The molecule has 3 heterocycles. The van der Waals surface area contributed by atoms with Gasteiger partial charge in [0.1, 0.15) is 11.6 Å². The van der Waals surface area contributed by atoms with Crippen LogP contribution in [0, 0.1) is 11.8 Å². The monoisotopic (exact) mass is 395 g/mol. The molecule has 2 N–H and O–H groups in total. The van der Waals surface area contributed by atoms with Crippen LogP contribution in [0.3, 0.4) is 0 Å². The van der Waals surface area contributed by atoms with Gasteiger partial charge >= 0.3 is 6.18 Å². The highest BCUT2D eigenvalue weighted by molar-refractivity contribution is 5.62. The Labute approximate surface area is 161 Å². The van der Waals surface area contributed by atoms with Gasteiger partial charge in [-0.3, -0.25) is 0 Å². The fourth-order valence-electron chi connectivity index (χ4n) is 4.33. The van der Waals surface area contributed by atoms with Crippen molar-refractivity contribution in [2.75, 3.05) is 39.1 Å². The Bertz CT molecular complexity index is 854. The number of nitrogen functional groups attached to an aromatic ring is 1. The molecule has 0 aromatic carbocycles. The molecule has 1 aliphatic heterocycles. The lowest BCUT2D eigenvalue weighted by atomic mass is 10.1. The second-order valence-corrected chi connectivity index (χ2v) is 7.53. The third kappa shape index (κ3) is 3.37. The summed E-state index contributed by atoms with van der Waals surface area (Å²) in [5.74, 6) is 1.52. The molecule has 1 unspecified atom stereocenters. The summed E-state index contributed by atoms with van der Waals surface area (Å²) in [7, 11) is 1.70. The number of aryl methyl sites for hydroxylation is 1. The van der Waals surface area contributed by atoms with Crippen LogP contribution in [0.2, 0.25) is 0 Å². The lowest BCUT2D eigenvalue weighted by Crippen LogP contribution is -2.28. The van der Waals surface area contributed by atoms with Crippen LogP contribution in [0.1, 0.15) is 24.4 Å². The SMILES string of the molecule is CCc1nc(-c2cnc(N)c(C(F)(F)F)c2)cn1C1[C@H]2CN(CCOC)C[C@@H]12. The maximum atomic E-state index is 13.2. The van der Waals surface area contributed by atoms with E-state index >= 15 is 0 Å². The van der Waals surface area contributed by atoms with Gasteiger partial charge in [-0.1, -0.05) is 6.92 Å². The molecular weight excluding hydrogens is 371 g/mol. The predicted molar refractivity (Wildman–Crippen MR) is 98.6 cm³/mol. The minimum Gasteiger partial charge on any atom is -0.383 e. The summed E-state index contributed by atoms with van der Waals surface area (Å²) >= 11 is 0. The van der Waals surface area contributed by atoms with Crippen molar-refractivity contribution in [2.24, 2.45) is 11.8 Å². The second kappa shape index (κ2) is 7.04. The van der Waals surface area contributed by atoms with Crippen LogP contribution in [0.5, 0.6) is 0 Å². The van der Waals surface area contributed by atoms with E-state index in [0.29, 0.717) is 29.1 Å². The van der Waals surface area contributed by atoms with E-state index in [9.17, 15) is 13.2 Å². The maximum absolute atomic E-state index is 13.2. The van der Waals surface area contributed by atoms with E-state index in [1.807, 2.05) is 13.1 Å². The second-order valence-electron chi connectivity index (χ2n) is 7.53. The Balaban J connectivity index is 1.56. The number of ether oxygens (including phenoxy) is 1. The average molecular weight is 395 g/mol. The van der Waals surface area contributed by atoms with Crippen molar-refractivity contribution in [3.05, 3.63) is 29.8 Å². The Hall–Kier alpha value is -2.13. The number of aromatic nitrogens is 3. The van der Waals surface area contributed by atoms with Gasteiger partial charge in [0, 0.05) is 57.2 Å². The third-order valence-electron chi connectivity index (χ3n) is 5.80. The number of likely N-dealkylation sites (tertiary alicyclic amines) is 1. The van der Waals surface area contributed by atoms with E-state index in [1.165, 1.54) is 6.20 Å². The molecule has 0 spiro atoms. The molecule has 2 fully saturated rings. The molecular formula is C19H24F3N5O. The topological polar surface area (TPSA) is 69.2 Å². The number of alkyl halides is 3. The van der Waals surface area contributed by atoms with E-state index in [0.717, 1.165) is 44.6 Å². The number of nitrogens with zero attached hydrogens (tertiary/aromatic N) is 4. The van der Waals surface area contributed by atoms with Gasteiger partial charge in [-0.15, -0.1) is 0 Å². The smallest absolute Gasteiger partial charge is 0.383 e. The van der Waals surface area contributed by atoms with Crippen molar-refractivity contribution in [1.82, 2.24) is 19.4 Å². The fraction of sp³-hybridized carbons (Fsp3) is 0.579. The minimum absolute atomic E-state index is 0.336. The largest absolute Gasteiger partial charge is 0.419 e. The summed E-state index contributed by atoms with van der Waals surface area (Å²) in [6.07, 6.45) is -0.591. The number of nitrogens with two attached hydrogens (primary N) is 1. The Morgan fingerprint density at radius 2 is 2.00 bits per heavy atom. The quantitative estimate of drug-likeness (QED) is 0.815. The maximum Gasteiger partial charge on any atom is 0.419 e. The first-order chi connectivity index (χ1) is 13.3. The molecule has 0 bridgehead atoms. The zero-order valence-corrected chi connectivity index (χ0v) is 15.9. The number of halogens is 3. The van der Waals surface area contributed by atoms with Gasteiger partial charge in [-0.25, -0.2) is 9.97 Å². The van der Waals surface area contributed by atoms with Crippen molar-refractivity contribution in [1.29, 1.82) is 0 Å². The lowest BCUT2D eigenvalue weighted by Gasteiger charge is -2.19. The van der Waals surface area contributed by atoms with Gasteiger partial charge in [0.25, 0.3) is 0 Å². The molecule has 9 heteroatoms. The molecule has 1 saturated carbocycles. The number of imidazole rings is 1.